The zero-order valence-electron chi connectivity index (χ0n) is 7.63. The molecule has 1 saturated carbocycles. The average Bonchev–Trinajstić information content (AvgIpc) is 2.09. The Balaban J connectivity index is 2.01. The van der Waals surface area contributed by atoms with E-state index in [4.69, 9.17) is 0 Å². The van der Waals surface area contributed by atoms with E-state index < -0.39 is 0 Å². The summed E-state index contributed by atoms with van der Waals surface area (Å²) >= 11 is 0. The SMILES string of the molecule is [CH2-][NH2+]CCNC1CCC(O)CC1. The van der Waals surface area contributed by atoms with E-state index in [9.17, 15) is 5.11 Å². The van der Waals surface area contributed by atoms with Gasteiger partial charge in [0, 0.05) is 12.6 Å². The van der Waals surface area contributed by atoms with Gasteiger partial charge in [0.25, 0.3) is 0 Å². The van der Waals surface area contributed by atoms with Gasteiger partial charge in [0.15, 0.2) is 0 Å². The van der Waals surface area contributed by atoms with Crippen molar-refractivity contribution >= 4 is 0 Å². The van der Waals surface area contributed by atoms with E-state index in [0.717, 1.165) is 38.8 Å². The van der Waals surface area contributed by atoms with Gasteiger partial charge in [-0.1, -0.05) is 0 Å². The average molecular weight is 172 g/mol. The minimum Gasteiger partial charge on any atom is -0.478 e. The fraction of sp³-hybridized carbons (Fsp3) is 0.889. The zero-order chi connectivity index (χ0) is 8.81. The fourth-order valence-electron chi connectivity index (χ4n) is 1.67. The highest BCUT2D eigenvalue weighted by molar-refractivity contribution is 4.75. The third kappa shape index (κ3) is 3.52. The van der Waals surface area contributed by atoms with Crippen molar-refractivity contribution in [2.75, 3.05) is 13.1 Å². The van der Waals surface area contributed by atoms with Crippen LogP contribution >= 0.6 is 0 Å². The Morgan fingerprint density at radius 1 is 1.33 bits per heavy atom. The van der Waals surface area contributed by atoms with Gasteiger partial charge < -0.3 is 15.7 Å². The van der Waals surface area contributed by atoms with Crippen molar-refractivity contribution in [1.82, 2.24) is 5.32 Å². The van der Waals surface area contributed by atoms with Crippen LogP contribution in [-0.2, 0) is 0 Å². The van der Waals surface area contributed by atoms with Gasteiger partial charge >= 0.3 is 0 Å². The molecule has 0 aromatic rings. The van der Waals surface area contributed by atoms with Crippen molar-refractivity contribution in [3.63, 3.8) is 0 Å². The summed E-state index contributed by atoms with van der Waals surface area (Å²) in [5.74, 6) is 0. The first-order valence-electron chi connectivity index (χ1n) is 4.85. The van der Waals surface area contributed by atoms with E-state index in [-0.39, 0.29) is 6.10 Å². The van der Waals surface area contributed by atoms with Crippen LogP contribution in [0.25, 0.3) is 0 Å². The van der Waals surface area contributed by atoms with Crippen LogP contribution in [0.15, 0.2) is 0 Å². The highest BCUT2D eigenvalue weighted by Crippen LogP contribution is 2.17. The van der Waals surface area contributed by atoms with Crippen LogP contribution in [0.4, 0.5) is 0 Å². The lowest BCUT2D eigenvalue weighted by molar-refractivity contribution is -0.593. The quantitative estimate of drug-likeness (QED) is 0.385. The smallest absolute Gasteiger partial charge is 0.0642 e. The molecule has 0 aromatic heterocycles. The maximum absolute atomic E-state index is 9.25. The number of aliphatic hydroxyl groups excluding tert-OH is 1. The molecule has 0 saturated heterocycles. The molecule has 12 heavy (non-hydrogen) atoms. The van der Waals surface area contributed by atoms with Crippen molar-refractivity contribution in [3.8, 4) is 0 Å². The van der Waals surface area contributed by atoms with E-state index >= 15 is 0 Å². The summed E-state index contributed by atoms with van der Waals surface area (Å²) in [7, 11) is 3.68. The fourth-order valence-corrected chi connectivity index (χ4v) is 1.67. The third-order valence-electron chi connectivity index (χ3n) is 2.48. The molecular weight excluding hydrogens is 152 g/mol. The van der Waals surface area contributed by atoms with E-state index in [1.807, 2.05) is 5.32 Å². The summed E-state index contributed by atoms with van der Waals surface area (Å²) < 4.78 is 0. The molecule has 0 unspecified atom stereocenters. The summed E-state index contributed by atoms with van der Waals surface area (Å²) in [6.07, 6.45) is 4.14. The number of hydrogen-bond acceptors (Lipinski definition) is 2. The van der Waals surface area contributed by atoms with Gasteiger partial charge in [-0.2, -0.15) is 7.05 Å². The molecule has 4 N–H and O–H groups in total. The van der Waals surface area contributed by atoms with E-state index in [2.05, 4.69) is 12.4 Å². The molecule has 1 aliphatic carbocycles. The molecule has 1 rings (SSSR count). The largest absolute Gasteiger partial charge is 0.478 e. The zero-order valence-corrected chi connectivity index (χ0v) is 7.63. The summed E-state index contributed by atoms with van der Waals surface area (Å²) in [5, 5.41) is 14.7. The molecule has 1 aliphatic rings. The van der Waals surface area contributed by atoms with Crippen molar-refractivity contribution in [1.29, 1.82) is 0 Å². The Morgan fingerprint density at radius 2 is 2.00 bits per heavy atom. The number of aliphatic hydroxyl groups is 1. The summed E-state index contributed by atoms with van der Waals surface area (Å²) in [5.41, 5.74) is 0. The van der Waals surface area contributed by atoms with Gasteiger partial charge in [-0.05, 0) is 25.7 Å². The molecule has 3 heteroatoms. The predicted octanol–water partition coefficient (Wildman–Crippen LogP) is -0.766. The first-order chi connectivity index (χ1) is 5.83. The lowest BCUT2D eigenvalue weighted by atomic mass is 9.93. The number of hydrogen-bond donors (Lipinski definition) is 3. The Labute approximate surface area is 74.5 Å². The van der Waals surface area contributed by atoms with Crippen molar-refractivity contribution in [3.05, 3.63) is 7.05 Å². The molecule has 72 valence electrons. The Hall–Kier alpha value is -0.120. The maximum atomic E-state index is 9.25. The lowest BCUT2D eigenvalue weighted by Crippen LogP contribution is -2.78. The van der Waals surface area contributed by atoms with Gasteiger partial charge in [-0.3, -0.25) is 0 Å². The lowest BCUT2D eigenvalue weighted by Gasteiger charge is -2.26. The predicted molar refractivity (Wildman–Crippen MR) is 48.4 cm³/mol. The maximum Gasteiger partial charge on any atom is 0.0642 e. The van der Waals surface area contributed by atoms with Crippen LogP contribution in [0.2, 0.25) is 0 Å². The highest BCUT2D eigenvalue weighted by Gasteiger charge is 2.18. The van der Waals surface area contributed by atoms with Gasteiger partial charge in [0.05, 0.1) is 12.6 Å². The minimum absolute atomic E-state index is 0.0394. The normalized spacial score (nSPS) is 30.5. The van der Waals surface area contributed by atoms with Crippen LogP contribution in [0.1, 0.15) is 25.7 Å². The number of quaternary nitrogens is 1. The number of nitrogens with two attached hydrogens (primary N) is 1. The van der Waals surface area contributed by atoms with Gasteiger partial charge in [0.1, 0.15) is 0 Å². The van der Waals surface area contributed by atoms with E-state index in [1.165, 1.54) is 0 Å². The second-order valence-corrected chi connectivity index (χ2v) is 3.54. The van der Waals surface area contributed by atoms with Gasteiger partial charge in [0.2, 0.25) is 0 Å². The van der Waals surface area contributed by atoms with Crippen LogP contribution in [0, 0.1) is 7.05 Å². The second kappa shape index (κ2) is 5.51. The number of rotatable bonds is 4. The third-order valence-corrected chi connectivity index (χ3v) is 2.48. The second-order valence-electron chi connectivity index (χ2n) is 3.54. The molecule has 3 nitrogen and oxygen atoms in total. The van der Waals surface area contributed by atoms with Crippen LogP contribution in [0.3, 0.4) is 0 Å². The molecule has 0 aliphatic heterocycles. The van der Waals surface area contributed by atoms with Crippen molar-refractivity contribution in [2.24, 2.45) is 0 Å². The Bertz CT molecular complexity index is 111. The molecule has 0 bridgehead atoms. The van der Waals surface area contributed by atoms with E-state index in [1.54, 1.807) is 0 Å². The van der Waals surface area contributed by atoms with Crippen molar-refractivity contribution in [2.45, 2.75) is 37.8 Å². The van der Waals surface area contributed by atoms with Crippen LogP contribution < -0.4 is 10.6 Å². The molecule has 0 aromatic carbocycles. The van der Waals surface area contributed by atoms with Gasteiger partial charge in [-0.15, -0.1) is 0 Å². The van der Waals surface area contributed by atoms with E-state index in [0.29, 0.717) is 6.04 Å². The monoisotopic (exact) mass is 172 g/mol. The molecule has 0 radical (unpaired) electrons. The topological polar surface area (TPSA) is 48.9 Å². The summed E-state index contributed by atoms with van der Waals surface area (Å²) in [6.45, 7) is 2.07. The number of nitrogens with one attached hydrogen (secondary N) is 1. The van der Waals surface area contributed by atoms with Crippen LogP contribution in [0.5, 0.6) is 0 Å². The minimum atomic E-state index is -0.0394. The summed E-state index contributed by atoms with van der Waals surface area (Å²) in [6, 6.07) is 0.633. The highest BCUT2D eigenvalue weighted by atomic mass is 16.3. The first kappa shape index (κ1) is 9.96. The van der Waals surface area contributed by atoms with Gasteiger partial charge in [-0.25, -0.2) is 0 Å². The first-order valence-corrected chi connectivity index (χ1v) is 4.85. The molecule has 0 amide bonds. The molecule has 0 heterocycles. The standard InChI is InChI=1S/C9H20N2O/c1-10-6-7-11-8-2-4-9(12)5-3-8/h8-9,11-12H,1-7,10H2. The molecule has 0 atom stereocenters. The van der Waals surface area contributed by atoms with Crippen LogP contribution in [-0.4, -0.2) is 30.3 Å². The molecule has 0 spiro atoms. The molecular formula is C9H20N2O. The Morgan fingerprint density at radius 3 is 2.58 bits per heavy atom. The Kier molecular flexibility index (Phi) is 4.58. The summed E-state index contributed by atoms with van der Waals surface area (Å²) in [4.78, 5) is 0. The van der Waals surface area contributed by atoms with Crippen molar-refractivity contribution < 1.29 is 10.4 Å². The molecule has 1 fully saturated rings.